The Bertz CT molecular complexity index is 4240. The maximum Gasteiger partial charge on any atom is 0.122 e. The van der Waals surface area contributed by atoms with Crippen LogP contribution in [0, 0.1) is 55.4 Å². The Balaban J connectivity index is 0.000000185. The second kappa shape index (κ2) is 27.2. The van der Waals surface area contributed by atoms with Gasteiger partial charge in [-0.2, -0.15) is 0 Å². The van der Waals surface area contributed by atoms with Gasteiger partial charge in [0, 0.05) is 0 Å². The van der Waals surface area contributed by atoms with E-state index in [1.807, 2.05) is 24.3 Å². The molecule has 0 aliphatic carbocycles. The molecule has 0 aromatic heterocycles. The Morgan fingerprint density at radius 3 is 0.744 bits per heavy atom. The number of benzene rings is 12. The molecule has 8 heteroatoms. The minimum absolute atomic E-state index is 0.0195. The van der Waals surface area contributed by atoms with E-state index in [1.165, 1.54) is 66.8 Å². The minimum Gasteiger partial charge on any atom is -0.491 e. The molecule has 0 saturated heterocycles. The van der Waals surface area contributed by atoms with Gasteiger partial charge in [-0.15, -0.1) is 0 Å². The molecule has 0 heterocycles. The molecule has 0 spiro atoms. The third kappa shape index (κ3) is 12.0. The molecule has 456 valence electrons. The van der Waals surface area contributed by atoms with Gasteiger partial charge in [0.05, 0.1) is 37.3 Å². The second-order valence-corrected chi connectivity index (χ2v) is 23.8. The highest BCUT2D eigenvalue weighted by Gasteiger charge is 2.41. The Kier molecular flexibility index (Phi) is 18.9. The number of ether oxygens (including phenoxy) is 4. The van der Waals surface area contributed by atoms with E-state index in [9.17, 15) is 20.4 Å². The van der Waals surface area contributed by atoms with E-state index in [-0.39, 0.29) is 52.9 Å². The number of hydrogen-bond acceptors (Lipinski definition) is 8. The predicted molar refractivity (Wildman–Crippen MR) is 368 cm³/mol. The molecule has 0 aliphatic rings. The van der Waals surface area contributed by atoms with Crippen molar-refractivity contribution in [1.29, 1.82) is 0 Å². The lowest BCUT2D eigenvalue weighted by Crippen LogP contribution is -2.31. The molecule has 0 bridgehead atoms. The fourth-order valence-electron chi connectivity index (χ4n) is 13.4. The molecular weight excluding hydrogens is 1110 g/mol. The van der Waals surface area contributed by atoms with Gasteiger partial charge < -0.3 is 39.4 Å². The van der Waals surface area contributed by atoms with Gasteiger partial charge in [-0.05, 0) is 214 Å². The van der Waals surface area contributed by atoms with E-state index >= 15 is 0 Å². The zero-order valence-electron chi connectivity index (χ0n) is 52.9. The first-order valence-corrected chi connectivity index (χ1v) is 31.1. The topological polar surface area (TPSA) is 118 Å². The van der Waals surface area contributed by atoms with Crippen LogP contribution < -0.4 is 18.9 Å². The van der Waals surface area contributed by atoms with Crippen LogP contribution in [0.2, 0.25) is 0 Å². The van der Waals surface area contributed by atoms with E-state index in [2.05, 4.69) is 250 Å². The van der Waals surface area contributed by atoms with Crippen molar-refractivity contribution in [2.45, 2.75) is 66.2 Å². The standard InChI is InChI=1S/2C41H40O4/c1-27-5-11-33(12-6-27)41(34-13-7-28(2)8-14-34,35-15-17-37-29(3)39(44-23-21-42)19-9-31(37)25-35)36-16-18-38-30(4)40(45-24-22-43)20-10-32(38)26-36;1-27-7-5-9-33(23-27)41(34-10-6-8-28(2)24-34,35-13-15-37-29(3)39(44-21-19-42)17-11-31(37)25-35)36-14-16-38-30(4)40(45-22-20-43)18-12-32(38)26-36/h5-20,25-26,42-43H,21-24H2,1-4H3;5-18,23-26,42-43H,19-22H2,1-4H3. The van der Waals surface area contributed by atoms with Gasteiger partial charge in [0.25, 0.3) is 0 Å². The largest absolute Gasteiger partial charge is 0.491 e. The van der Waals surface area contributed by atoms with E-state index in [1.54, 1.807) is 0 Å². The molecule has 0 aliphatic heterocycles. The molecule has 8 nitrogen and oxygen atoms in total. The Morgan fingerprint density at radius 1 is 0.244 bits per heavy atom. The summed E-state index contributed by atoms with van der Waals surface area (Å²) in [6.07, 6.45) is 0. The SMILES string of the molecule is Cc1ccc(C(c2ccc(C)cc2)(c2ccc3c(C)c(OCCO)ccc3c2)c2ccc3c(C)c(OCCO)ccc3c2)cc1.Cc1cccc(C(c2cccc(C)c2)(c2ccc3c(C)c(OCCO)ccc3c2)c2ccc3c(C)c(OCCO)ccc3c2)c1. The van der Waals surface area contributed by atoms with Crippen LogP contribution in [0.5, 0.6) is 23.0 Å². The minimum atomic E-state index is -0.611. The van der Waals surface area contributed by atoms with Crippen molar-refractivity contribution in [2.75, 3.05) is 52.9 Å². The fourth-order valence-corrected chi connectivity index (χ4v) is 13.4. The summed E-state index contributed by atoms with van der Waals surface area (Å²) in [6.45, 7) is 17.9. The third-order valence-electron chi connectivity index (χ3n) is 18.0. The van der Waals surface area contributed by atoms with Crippen molar-refractivity contribution in [1.82, 2.24) is 0 Å². The highest BCUT2D eigenvalue weighted by Crippen LogP contribution is 2.50. The smallest absolute Gasteiger partial charge is 0.122 e. The summed E-state index contributed by atoms with van der Waals surface area (Å²) in [5.74, 6) is 3.17. The molecule has 0 saturated carbocycles. The van der Waals surface area contributed by atoms with Crippen molar-refractivity contribution < 1.29 is 39.4 Å². The summed E-state index contributed by atoms with van der Waals surface area (Å²) in [5, 5.41) is 46.3. The van der Waals surface area contributed by atoms with Crippen LogP contribution in [0.1, 0.15) is 89.0 Å². The van der Waals surface area contributed by atoms with Crippen LogP contribution in [0.4, 0.5) is 0 Å². The van der Waals surface area contributed by atoms with E-state index in [0.717, 1.165) is 88.3 Å². The van der Waals surface area contributed by atoms with Crippen LogP contribution in [-0.4, -0.2) is 73.3 Å². The third-order valence-corrected chi connectivity index (χ3v) is 18.0. The van der Waals surface area contributed by atoms with Crippen molar-refractivity contribution in [2.24, 2.45) is 0 Å². The lowest BCUT2D eigenvalue weighted by molar-refractivity contribution is 0.201. The predicted octanol–water partition coefficient (Wildman–Crippen LogP) is 16.7. The van der Waals surface area contributed by atoms with Crippen molar-refractivity contribution >= 4 is 43.1 Å². The van der Waals surface area contributed by atoms with Crippen LogP contribution >= 0.6 is 0 Å². The van der Waals surface area contributed by atoms with E-state index in [4.69, 9.17) is 18.9 Å². The normalized spacial score (nSPS) is 11.7. The highest BCUT2D eigenvalue weighted by molar-refractivity contribution is 5.93. The number of aliphatic hydroxyl groups excluding tert-OH is 4. The number of hydrogen-bond donors (Lipinski definition) is 4. The van der Waals surface area contributed by atoms with E-state index < -0.39 is 10.8 Å². The molecule has 90 heavy (non-hydrogen) atoms. The van der Waals surface area contributed by atoms with Gasteiger partial charge in [0.2, 0.25) is 0 Å². The average molecular weight is 1190 g/mol. The number of fused-ring (bicyclic) bond motifs is 4. The maximum atomic E-state index is 9.31. The van der Waals surface area contributed by atoms with Gasteiger partial charge in [-0.1, -0.05) is 192 Å². The summed E-state index contributed by atoms with van der Waals surface area (Å²) >= 11 is 0. The van der Waals surface area contributed by atoms with Crippen molar-refractivity contribution in [3.63, 3.8) is 0 Å². The summed E-state index contributed by atoms with van der Waals surface area (Å²) in [7, 11) is 0. The summed E-state index contributed by atoms with van der Waals surface area (Å²) in [4.78, 5) is 0. The van der Waals surface area contributed by atoms with Gasteiger partial charge in [-0.25, -0.2) is 0 Å². The lowest BCUT2D eigenvalue weighted by atomic mass is 9.64. The van der Waals surface area contributed by atoms with Crippen LogP contribution in [0.3, 0.4) is 0 Å². The molecule has 4 N–H and O–H groups in total. The summed E-state index contributed by atoms with van der Waals surface area (Å²) in [6, 6.07) is 79.2. The molecule has 0 radical (unpaired) electrons. The monoisotopic (exact) mass is 1190 g/mol. The summed E-state index contributed by atoms with van der Waals surface area (Å²) < 4.78 is 23.3. The summed E-state index contributed by atoms with van der Waals surface area (Å²) in [5.41, 5.74) is 17.3. The average Bonchev–Trinajstić information content (AvgIpc) is 0.746. The zero-order chi connectivity index (χ0) is 63.1. The second-order valence-electron chi connectivity index (χ2n) is 23.8. The van der Waals surface area contributed by atoms with Gasteiger partial charge in [0.15, 0.2) is 0 Å². The molecule has 12 rings (SSSR count). The Labute approximate surface area is 529 Å². The van der Waals surface area contributed by atoms with Gasteiger partial charge >= 0.3 is 0 Å². The van der Waals surface area contributed by atoms with Crippen molar-refractivity contribution in [3.8, 4) is 23.0 Å². The quantitative estimate of drug-likeness (QED) is 0.0558. The van der Waals surface area contributed by atoms with Crippen molar-refractivity contribution in [3.05, 3.63) is 307 Å². The lowest BCUT2D eigenvalue weighted by Gasteiger charge is -2.38. The Morgan fingerprint density at radius 2 is 0.489 bits per heavy atom. The number of aliphatic hydroxyl groups is 4. The van der Waals surface area contributed by atoms with E-state index in [0.29, 0.717) is 0 Å². The van der Waals surface area contributed by atoms with Gasteiger partial charge in [0.1, 0.15) is 49.4 Å². The Hall–Kier alpha value is -9.28. The van der Waals surface area contributed by atoms with Crippen LogP contribution in [0.25, 0.3) is 43.1 Å². The molecule has 0 amide bonds. The van der Waals surface area contributed by atoms with Crippen LogP contribution in [0.15, 0.2) is 218 Å². The number of rotatable bonds is 20. The number of aryl methyl sites for hydroxylation is 8. The zero-order valence-corrected chi connectivity index (χ0v) is 52.9. The highest BCUT2D eigenvalue weighted by atomic mass is 16.5. The first-order chi connectivity index (χ1) is 43.7. The first kappa shape index (κ1) is 62.3. The molecule has 12 aromatic rings. The molecular formula is C82H80O8. The molecule has 12 aromatic carbocycles. The van der Waals surface area contributed by atoms with Crippen LogP contribution in [-0.2, 0) is 10.8 Å². The molecule has 0 unspecified atom stereocenters. The van der Waals surface area contributed by atoms with Gasteiger partial charge in [-0.3, -0.25) is 0 Å². The first-order valence-electron chi connectivity index (χ1n) is 31.1. The molecule has 0 fully saturated rings. The fraction of sp³-hybridized carbons (Fsp3) is 0.220. The maximum absolute atomic E-state index is 9.31. The molecule has 0 atom stereocenters.